The second-order valence-electron chi connectivity index (χ2n) is 4.20. The first-order chi connectivity index (χ1) is 9.08. The van der Waals surface area contributed by atoms with Crippen LogP contribution in [0.2, 0.25) is 0 Å². The first-order valence-electron chi connectivity index (χ1n) is 6.09. The van der Waals surface area contributed by atoms with Crippen LogP contribution in [0, 0.1) is 0 Å². The number of nitrogens with zero attached hydrogens (tertiary/aromatic N) is 1. The zero-order chi connectivity index (χ0) is 14.3. The van der Waals surface area contributed by atoms with Crippen molar-refractivity contribution in [3.8, 4) is 0 Å². The lowest BCUT2D eigenvalue weighted by Crippen LogP contribution is -2.47. The van der Waals surface area contributed by atoms with E-state index in [0.29, 0.717) is 13.0 Å². The maximum Gasteiger partial charge on any atom is 0.323 e. The van der Waals surface area contributed by atoms with Crippen molar-refractivity contribution in [1.29, 1.82) is 0 Å². The highest BCUT2D eigenvalue weighted by atomic mass is 16.5. The summed E-state index contributed by atoms with van der Waals surface area (Å²) >= 11 is 0. The van der Waals surface area contributed by atoms with Gasteiger partial charge in [-0.25, -0.2) is 4.79 Å². The quantitative estimate of drug-likeness (QED) is 0.525. The zero-order valence-electron chi connectivity index (χ0n) is 11.0. The number of urea groups is 1. The summed E-state index contributed by atoms with van der Waals surface area (Å²) in [4.78, 5) is 36.1. The van der Waals surface area contributed by atoms with Crippen molar-refractivity contribution >= 4 is 17.9 Å². The number of ether oxygens (including phenoxy) is 1. The summed E-state index contributed by atoms with van der Waals surface area (Å²) < 4.78 is 4.68. The molecule has 0 aromatic heterocycles. The second-order valence-corrected chi connectivity index (χ2v) is 4.20. The molecule has 7 nitrogen and oxygen atoms in total. The summed E-state index contributed by atoms with van der Waals surface area (Å²) in [5.74, 6) is -0.793. The van der Waals surface area contributed by atoms with Crippen molar-refractivity contribution in [2.45, 2.75) is 18.9 Å². The number of rotatable bonds is 5. The van der Waals surface area contributed by atoms with E-state index in [4.69, 9.17) is 0 Å². The Morgan fingerprint density at radius 1 is 1.47 bits per heavy atom. The first kappa shape index (κ1) is 15.2. The van der Waals surface area contributed by atoms with Gasteiger partial charge in [-0.3, -0.25) is 19.8 Å². The fourth-order valence-electron chi connectivity index (χ4n) is 1.98. The summed E-state index contributed by atoms with van der Waals surface area (Å²) in [5.41, 5.74) is 0. The molecule has 0 saturated carbocycles. The fourth-order valence-corrected chi connectivity index (χ4v) is 1.98. The molecule has 1 fully saturated rings. The summed E-state index contributed by atoms with van der Waals surface area (Å²) in [6.07, 6.45) is 3.01. The maximum absolute atomic E-state index is 11.6. The molecule has 1 aliphatic heterocycles. The Balaban J connectivity index is 2.41. The van der Waals surface area contributed by atoms with Gasteiger partial charge in [0.15, 0.2) is 0 Å². The van der Waals surface area contributed by atoms with Crippen molar-refractivity contribution in [2.24, 2.45) is 0 Å². The monoisotopic (exact) mass is 269 g/mol. The third-order valence-electron chi connectivity index (χ3n) is 2.84. The number of carbonyl (C=O) groups excluding carboxylic acids is 3. The lowest BCUT2D eigenvalue weighted by Gasteiger charge is -2.21. The number of imide groups is 1. The topological polar surface area (TPSA) is 87.7 Å². The molecule has 0 aromatic rings. The predicted molar refractivity (Wildman–Crippen MR) is 68.3 cm³/mol. The van der Waals surface area contributed by atoms with Gasteiger partial charge in [0.1, 0.15) is 6.04 Å². The van der Waals surface area contributed by atoms with E-state index in [1.165, 1.54) is 13.2 Å². The highest BCUT2D eigenvalue weighted by Crippen LogP contribution is 2.17. The molecule has 1 aliphatic rings. The molecule has 0 bridgehead atoms. The van der Waals surface area contributed by atoms with E-state index in [1.54, 1.807) is 4.90 Å². The van der Waals surface area contributed by atoms with E-state index in [9.17, 15) is 14.4 Å². The summed E-state index contributed by atoms with van der Waals surface area (Å²) in [6.45, 7) is 4.37. The number of methoxy groups -OCH3 is 1. The Morgan fingerprint density at radius 3 is 2.84 bits per heavy atom. The molecule has 0 radical (unpaired) electrons. The van der Waals surface area contributed by atoms with Gasteiger partial charge >= 0.3 is 12.0 Å². The zero-order valence-corrected chi connectivity index (χ0v) is 11.0. The summed E-state index contributed by atoms with van der Waals surface area (Å²) in [7, 11) is 1.32. The Bertz CT molecular complexity index is 370. The van der Waals surface area contributed by atoms with Gasteiger partial charge in [-0.1, -0.05) is 6.08 Å². The minimum absolute atomic E-state index is 0.00127. The van der Waals surface area contributed by atoms with Crippen molar-refractivity contribution in [1.82, 2.24) is 15.5 Å². The summed E-state index contributed by atoms with van der Waals surface area (Å²) in [5, 5.41) is 4.62. The SMILES string of the molecule is C=CCNC(=O)NC(=O)CN1CCC[C@@H]1C(=O)OC. The molecular formula is C12H19N3O4. The van der Waals surface area contributed by atoms with E-state index >= 15 is 0 Å². The van der Waals surface area contributed by atoms with Crippen LogP contribution < -0.4 is 10.6 Å². The molecule has 0 unspecified atom stereocenters. The number of amides is 3. The minimum Gasteiger partial charge on any atom is -0.468 e. The van der Waals surface area contributed by atoms with Crippen LogP contribution in [0.5, 0.6) is 0 Å². The molecule has 1 heterocycles. The average molecular weight is 269 g/mol. The molecule has 19 heavy (non-hydrogen) atoms. The van der Waals surface area contributed by atoms with Gasteiger partial charge in [0.25, 0.3) is 0 Å². The molecule has 1 atom stereocenters. The largest absolute Gasteiger partial charge is 0.468 e. The van der Waals surface area contributed by atoms with Crippen LogP contribution in [-0.2, 0) is 14.3 Å². The molecule has 0 aromatic carbocycles. The smallest absolute Gasteiger partial charge is 0.323 e. The Morgan fingerprint density at radius 2 is 2.21 bits per heavy atom. The average Bonchev–Trinajstić information content (AvgIpc) is 2.83. The van der Waals surface area contributed by atoms with Gasteiger partial charge in [-0.05, 0) is 19.4 Å². The molecule has 2 N–H and O–H groups in total. The van der Waals surface area contributed by atoms with Crippen LogP contribution in [-0.4, -0.2) is 55.6 Å². The number of likely N-dealkylation sites (tertiary alicyclic amines) is 1. The molecule has 0 spiro atoms. The molecule has 3 amide bonds. The maximum atomic E-state index is 11.6. The van der Waals surface area contributed by atoms with Gasteiger partial charge in [-0.15, -0.1) is 6.58 Å². The van der Waals surface area contributed by atoms with E-state index in [0.717, 1.165) is 6.42 Å². The Hall–Kier alpha value is -1.89. The molecule has 0 aliphatic carbocycles. The van der Waals surface area contributed by atoms with E-state index in [1.807, 2.05) is 0 Å². The third-order valence-corrected chi connectivity index (χ3v) is 2.84. The lowest BCUT2D eigenvalue weighted by atomic mass is 10.2. The van der Waals surface area contributed by atoms with Crippen LogP contribution in [0.1, 0.15) is 12.8 Å². The van der Waals surface area contributed by atoms with Gasteiger partial charge in [0.2, 0.25) is 5.91 Å². The Kier molecular flexibility index (Phi) is 6.01. The fraction of sp³-hybridized carbons (Fsp3) is 0.583. The van der Waals surface area contributed by atoms with Crippen molar-refractivity contribution in [3.63, 3.8) is 0 Å². The molecule has 1 rings (SSSR count). The van der Waals surface area contributed by atoms with Gasteiger partial charge in [0.05, 0.1) is 13.7 Å². The number of esters is 1. The highest BCUT2D eigenvalue weighted by Gasteiger charge is 2.32. The van der Waals surface area contributed by atoms with Crippen LogP contribution >= 0.6 is 0 Å². The van der Waals surface area contributed by atoms with E-state index < -0.39 is 18.0 Å². The standard InChI is InChI=1S/C12H19N3O4/c1-3-6-13-12(18)14-10(16)8-15-7-4-5-9(15)11(17)19-2/h3,9H,1,4-8H2,2H3,(H2,13,14,16,18)/t9-/m1/s1. The Labute approximate surface area is 112 Å². The van der Waals surface area contributed by atoms with Gasteiger partial charge in [-0.2, -0.15) is 0 Å². The van der Waals surface area contributed by atoms with Crippen LogP contribution in [0.15, 0.2) is 12.7 Å². The number of hydrogen-bond donors (Lipinski definition) is 2. The molecule has 1 saturated heterocycles. The van der Waals surface area contributed by atoms with Gasteiger partial charge < -0.3 is 10.1 Å². The van der Waals surface area contributed by atoms with E-state index in [-0.39, 0.29) is 19.1 Å². The number of nitrogens with one attached hydrogen (secondary N) is 2. The molecule has 106 valence electrons. The second kappa shape index (κ2) is 7.52. The summed E-state index contributed by atoms with van der Waals surface area (Å²) in [6, 6.07) is -0.967. The first-order valence-corrected chi connectivity index (χ1v) is 6.09. The van der Waals surface area contributed by atoms with Crippen LogP contribution in [0.25, 0.3) is 0 Å². The van der Waals surface area contributed by atoms with Crippen molar-refractivity contribution in [2.75, 3.05) is 26.7 Å². The minimum atomic E-state index is -0.571. The third kappa shape index (κ3) is 4.70. The molecule has 7 heteroatoms. The van der Waals surface area contributed by atoms with Crippen molar-refractivity contribution < 1.29 is 19.1 Å². The van der Waals surface area contributed by atoms with Gasteiger partial charge in [0, 0.05) is 6.54 Å². The predicted octanol–water partition coefficient (Wildman–Crippen LogP) is -0.364. The lowest BCUT2D eigenvalue weighted by molar-refractivity contribution is -0.146. The molecular weight excluding hydrogens is 250 g/mol. The van der Waals surface area contributed by atoms with Crippen molar-refractivity contribution in [3.05, 3.63) is 12.7 Å². The highest BCUT2D eigenvalue weighted by molar-refractivity contribution is 5.95. The number of carbonyl (C=O) groups is 3. The van der Waals surface area contributed by atoms with Crippen LogP contribution in [0.4, 0.5) is 4.79 Å². The number of hydrogen-bond acceptors (Lipinski definition) is 5. The normalized spacial score (nSPS) is 18.7. The van der Waals surface area contributed by atoms with Crippen LogP contribution in [0.3, 0.4) is 0 Å². The van der Waals surface area contributed by atoms with E-state index in [2.05, 4.69) is 21.9 Å².